The van der Waals surface area contributed by atoms with Gasteiger partial charge in [0.25, 0.3) is 0 Å². The van der Waals surface area contributed by atoms with E-state index in [1.54, 1.807) is 0 Å². The van der Waals surface area contributed by atoms with E-state index in [0.29, 0.717) is 11.7 Å². The number of nitrogens with one attached hydrogen (secondary N) is 2. The minimum absolute atomic E-state index is 0.0143. The molecule has 0 saturated carbocycles. The van der Waals surface area contributed by atoms with Gasteiger partial charge in [-0.1, -0.05) is 78.8 Å². The summed E-state index contributed by atoms with van der Waals surface area (Å²) >= 11 is 1.45. The van der Waals surface area contributed by atoms with Crippen LogP contribution in [0.5, 0.6) is 0 Å². The fourth-order valence-corrected chi connectivity index (χ4v) is 4.31. The normalized spacial score (nSPS) is 18.2. The van der Waals surface area contributed by atoms with E-state index in [-0.39, 0.29) is 17.2 Å². The van der Waals surface area contributed by atoms with Crippen molar-refractivity contribution in [2.45, 2.75) is 36.7 Å². The first kappa shape index (κ1) is 18.6. The number of aromatic nitrogens is 3. The van der Waals surface area contributed by atoms with Crippen molar-refractivity contribution in [2.24, 2.45) is 0 Å². The molecule has 3 aromatic rings. The van der Waals surface area contributed by atoms with E-state index in [4.69, 9.17) is 0 Å². The van der Waals surface area contributed by atoms with Crippen LogP contribution in [0.25, 0.3) is 11.4 Å². The maximum atomic E-state index is 12.9. The Morgan fingerprint density at radius 2 is 1.89 bits per heavy atom. The molecule has 144 valence electrons. The lowest BCUT2D eigenvalue weighted by molar-refractivity contribution is -0.120. The Labute approximate surface area is 168 Å². The summed E-state index contributed by atoms with van der Waals surface area (Å²) in [5, 5.41) is 12.1. The number of carbonyl (C=O) groups excluding carboxylic acids is 1. The van der Waals surface area contributed by atoms with Crippen molar-refractivity contribution < 1.29 is 4.79 Å². The van der Waals surface area contributed by atoms with Gasteiger partial charge in [-0.25, -0.2) is 4.68 Å². The van der Waals surface area contributed by atoms with Gasteiger partial charge in [0, 0.05) is 12.1 Å². The van der Waals surface area contributed by atoms with Crippen LogP contribution >= 0.6 is 11.8 Å². The zero-order valence-corrected chi connectivity index (χ0v) is 16.7. The molecule has 0 fully saturated rings. The van der Waals surface area contributed by atoms with Gasteiger partial charge < -0.3 is 10.7 Å². The van der Waals surface area contributed by atoms with Gasteiger partial charge in [-0.3, -0.25) is 4.79 Å². The molecule has 0 aliphatic carbocycles. The summed E-state index contributed by atoms with van der Waals surface area (Å²) in [7, 11) is 0. The number of aryl methyl sites for hydroxylation is 1. The number of hydrogen-bond donors (Lipinski definition) is 2. The summed E-state index contributed by atoms with van der Waals surface area (Å²) in [6, 6.07) is 18.0. The van der Waals surface area contributed by atoms with Gasteiger partial charge in [-0.2, -0.15) is 0 Å². The second kappa shape index (κ2) is 8.06. The first-order chi connectivity index (χ1) is 13.7. The molecular formula is C21H23N5OS. The maximum absolute atomic E-state index is 12.9. The molecule has 4 rings (SSSR count). The van der Waals surface area contributed by atoms with E-state index in [1.165, 1.54) is 17.3 Å². The number of thioether (sulfide) groups is 1. The largest absolute Gasteiger partial charge is 0.355 e. The van der Waals surface area contributed by atoms with E-state index in [0.717, 1.165) is 23.4 Å². The highest BCUT2D eigenvalue weighted by Crippen LogP contribution is 2.38. The minimum Gasteiger partial charge on any atom is -0.355 e. The van der Waals surface area contributed by atoms with Crippen LogP contribution in [0.2, 0.25) is 0 Å². The summed E-state index contributed by atoms with van der Waals surface area (Å²) < 4.78 is 1.90. The Hall–Kier alpha value is -2.80. The lowest BCUT2D eigenvalue weighted by atomic mass is 10.0. The summed E-state index contributed by atoms with van der Waals surface area (Å²) in [6.45, 7) is 4.77. The molecule has 0 spiro atoms. The zero-order chi connectivity index (χ0) is 19.5. The fourth-order valence-electron chi connectivity index (χ4n) is 3.20. The Balaban J connectivity index is 1.72. The lowest BCUT2D eigenvalue weighted by Gasteiger charge is -2.33. The standard InChI is InChI=1S/C21H23N5OS/c1-3-13-22-20(27)18-17(15-11-9-14(2)10-12-15)25-26-19(23-24-21(26)28-18)16-7-5-4-6-8-16/h4-12,17-18,25H,3,13H2,1-2H3,(H,22,27)/t17-,18+/m1/s1. The first-order valence-electron chi connectivity index (χ1n) is 9.45. The van der Waals surface area contributed by atoms with Crippen LogP contribution in [0, 0.1) is 6.92 Å². The number of rotatable bonds is 5. The molecule has 0 saturated heterocycles. The number of nitrogens with zero attached hydrogens (tertiary/aromatic N) is 3. The topological polar surface area (TPSA) is 71.8 Å². The van der Waals surface area contributed by atoms with Crippen LogP contribution in [-0.2, 0) is 4.79 Å². The van der Waals surface area contributed by atoms with E-state index in [2.05, 4.69) is 52.1 Å². The molecule has 7 heteroatoms. The average molecular weight is 394 g/mol. The van der Waals surface area contributed by atoms with Gasteiger partial charge in [-0.15, -0.1) is 10.2 Å². The SMILES string of the molecule is CCCNC(=O)[C@H]1Sc2nnc(-c3ccccc3)n2N[C@@H]1c1ccc(C)cc1. The highest BCUT2D eigenvalue weighted by atomic mass is 32.2. The molecule has 0 unspecified atom stereocenters. The molecular weight excluding hydrogens is 370 g/mol. The van der Waals surface area contributed by atoms with Gasteiger partial charge in [-0.05, 0) is 18.9 Å². The quantitative estimate of drug-likeness (QED) is 0.694. The molecule has 1 amide bonds. The Morgan fingerprint density at radius 1 is 1.14 bits per heavy atom. The number of benzene rings is 2. The maximum Gasteiger partial charge on any atom is 0.236 e. The van der Waals surface area contributed by atoms with Gasteiger partial charge in [0.2, 0.25) is 11.1 Å². The Morgan fingerprint density at radius 3 is 2.61 bits per heavy atom. The Kier molecular flexibility index (Phi) is 5.34. The van der Waals surface area contributed by atoms with Gasteiger partial charge in [0.15, 0.2) is 5.82 Å². The second-order valence-corrected chi connectivity index (χ2v) is 7.96. The molecule has 1 aliphatic heterocycles. The van der Waals surface area contributed by atoms with Crippen molar-refractivity contribution in [1.82, 2.24) is 20.2 Å². The number of fused-ring (bicyclic) bond motifs is 1. The third kappa shape index (κ3) is 3.62. The number of carbonyl (C=O) groups is 1. The van der Waals surface area contributed by atoms with Crippen LogP contribution in [0.3, 0.4) is 0 Å². The molecule has 2 atom stereocenters. The zero-order valence-electron chi connectivity index (χ0n) is 15.9. The molecule has 0 bridgehead atoms. The van der Waals surface area contributed by atoms with Crippen LogP contribution in [0.1, 0.15) is 30.5 Å². The van der Waals surface area contributed by atoms with Crippen molar-refractivity contribution in [3.05, 3.63) is 65.7 Å². The Bertz CT molecular complexity index is 955. The van der Waals surface area contributed by atoms with E-state index < -0.39 is 0 Å². The summed E-state index contributed by atoms with van der Waals surface area (Å²) in [6.07, 6.45) is 0.903. The number of amides is 1. The van der Waals surface area contributed by atoms with Crippen molar-refractivity contribution >= 4 is 17.7 Å². The lowest BCUT2D eigenvalue weighted by Crippen LogP contribution is -2.44. The van der Waals surface area contributed by atoms with Gasteiger partial charge in [0.1, 0.15) is 5.25 Å². The number of hydrogen-bond acceptors (Lipinski definition) is 5. The molecule has 2 N–H and O–H groups in total. The highest BCUT2D eigenvalue weighted by molar-refractivity contribution is 8.00. The molecule has 2 heterocycles. The molecule has 0 radical (unpaired) electrons. The van der Waals surface area contributed by atoms with Crippen LogP contribution in [0.15, 0.2) is 59.8 Å². The van der Waals surface area contributed by atoms with Crippen LogP contribution in [0.4, 0.5) is 0 Å². The molecule has 2 aromatic carbocycles. The minimum atomic E-state index is -0.324. The van der Waals surface area contributed by atoms with Crippen molar-refractivity contribution in [2.75, 3.05) is 12.0 Å². The van der Waals surface area contributed by atoms with Crippen LogP contribution < -0.4 is 10.7 Å². The van der Waals surface area contributed by atoms with E-state index in [1.807, 2.05) is 41.9 Å². The smallest absolute Gasteiger partial charge is 0.236 e. The molecule has 1 aliphatic rings. The average Bonchev–Trinajstić information content (AvgIpc) is 3.15. The first-order valence-corrected chi connectivity index (χ1v) is 10.3. The van der Waals surface area contributed by atoms with Crippen molar-refractivity contribution in [3.8, 4) is 11.4 Å². The van der Waals surface area contributed by atoms with Crippen LogP contribution in [-0.4, -0.2) is 32.6 Å². The van der Waals surface area contributed by atoms with E-state index >= 15 is 0 Å². The summed E-state index contributed by atoms with van der Waals surface area (Å²) in [5.41, 5.74) is 6.73. The molecule has 1 aromatic heterocycles. The summed E-state index contributed by atoms with van der Waals surface area (Å²) in [4.78, 5) is 12.9. The predicted octanol–water partition coefficient (Wildman–Crippen LogP) is 3.54. The predicted molar refractivity (Wildman–Crippen MR) is 112 cm³/mol. The second-order valence-electron chi connectivity index (χ2n) is 6.85. The summed E-state index contributed by atoms with van der Waals surface area (Å²) in [5.74, 6) is 0.757. The molecule has 28 heavy (non-hydrogen) atoms. The fraction of sp³-hybridized carbons (Fsp3) is 0.286. The third-order valence-electron chi connectivity index (χ3n) is 4.71. The third-order valence-corrected chi connectivity index (χ3v) is 5.93. The van der Waals surface area contributed by atoms with Crippen molar-refractivity contribution in [1.29, 1.82) is 0 Å². The van der Waals surface area contributed by atoms with Gasteiger partial charge >= 0.3 is 0 Å². The van der Waals surface area contributed by atoms with Crippen molar-refractivity contribution in [3.63, 3.8) is 0 Å². The molecule has 6 nitrogen and oxygen atoms in total. The van der Waals surface area contributed by atoms with Gasteiger partial charge in [0.05, 0.1) is 6.04 Å². The monoisotopic (exact) mass is 393 g/mol. The highest BCUT2D eigenvalue weighted by Gasteiger charge is 2.37. The van der Waals surface area contributed by atoms with E-state index in [9.17, 15) is 4.79 Å².